The van der Waals surface area contributed by atoms with Crippen molar-refractivity contribution in [2.75, 3.05) is 13.2 Å². The van der Waals surface area contributed by atoms with Gasteiger partial charge >= 0.3 is 17.9 Å². The molecule has 0 rings (SSSR count). The average molecular weight is 1110 g/mol. The van der Waals surface area contributed by atoms with Crippen LogP contribution in [0.4, 0.5) is 0 Å². The third-order valence-corrected chi connectivity index (χ3v) is 14.2. The Bertz CT molecular complexity index is 1650. The van der Waals surface area contributed by atoms with Gasteiger partial charge in [-0.25, -0.2) is 0 Å². The molecule has 0 aromatic carbocycles. The molecule has 6 heteroatoms. The van der Waals surface area contributed by atoms with Crippen LogP contribution in [-0.4, -0.2) is 37.2 Å². The van der Waals surface area contributed by atoms with Gasteiger partial charge in [0.05, 0.1) is 0 Å². The second kappa shape index (κ2) is 67.3. The van der Waals surface area contributed by atoms with Crippen molar-refractivity contribution in [1.29, 1.82) is 0 Å². The maximum Gasteiger partial charge on any atom is 0.306 e. The highest BCUT2D eigenvalue weighted by molar-refractivity contribution is 5.71. The summed E-state index contributed by atoms with van der Waals surface area (Å²) in [5.41, 5.74) is 0. The van der Waals surface area contributed by atoms with Crippen molar-refractivity contribution in [3.05, 3.63) is 122 Å². The summed E-state index contributed by atoms with van der Waals surface area (Å²) in [4.78, 5) is 38.2. The van der Waals surface area contributed by atoms with Crippen LogP contribution in [0.5, 0.6) is 0 Å². The molecule has 0 aliphatic heterocycles. The summed E-state index contributed by atoms with van der Waals surface area (Å²) >= 11 is 0. The molecule has 0 saturated carbocycles. The second-order valence-electron chi connectivity index (χ2n) is 22.0. The Labute approximate surface area is 494 Å². The van der Waals surface area contributed by atoms with Gasteiger partial charge in [0, 0.05) is 19.3 Å². The molecule has 0 aliphatic carbocycles. The molecule has 0 fully saturated rings. The summed E-state index contributed by atoms with van der Waals surface area (Å²) in [5.74, 6) is -0.902. The highest BCUT2D eigenvalue weighted by atomic mass is 16.6. The molecule has 0 aromatic rings. The largest absolute Gasteiger partial charge is 0.462 e. The molecule has 0 amide bonds. The Morgan fingerprint density at radius 1 is 0.263 bits per heavy atom. The van der Waals surface area contributed by atoms with E-state index in [1.54, 1.807) is 0 Å². The minimum atomic E-state index is -0.789. The summed E-state index contributed by atoms with van der Waals surface area (Å²) in [5, 5.41) is 0. The number of hydrogen-bond acceptors (Lipinski definition) is 6. The molecule has 0 aliphatic rings. The van der Waals surface area contributed by atoms with E-state index in [1.807, 2.05) is 0 Å². The molecule has 0 saturated heterocycles. The lowest BCUT2D eigenvalue weighted by Gasteiger charge is -2.18. The number of esters is 3. The molecule has 0 radical (unpaired) electrons. The van der Waals surface area contributed by atoms with Crippen LogP contribution in [0.25, 0.3) is 0 Å². The second-order valence-corrected chi connectivity index (χ2v) is 22.0. The fourth-order valence-electron chi connectivity index (χ4n) is 9.14. The molecule has 0 spiro atoms. The predicted molar refractivity (Wildman–Crippen MR) is 348 cm³/mol. The zero-order chi connectivity index (χ0) is 57.8. The minimum absolute atomic E-state index is 0.0861. The van der Waals surface area contributed by atoms with E-state index in [2.05, 4.69) is 142 Å². The Kier molecular flexibility index (Phi) is 63.8. The number of hydrogen-bond donors (Lipinski definition) is 0. The van der Waals surface area contributed by atoms with E-state index in [4.69, 9.17) is 14.2 Å². The van der Waals surface area contributed by atoms with Crippen molar-refractivity contribution >= 4 is 17.9 Å². The normalized spacial score (nSPS) is 12.9. The first-order valence-corrected chi connectivity index (χ1v) is 33.5. The summed E-state index contributed by atoms with van der Waals surface area (Å²) < 4.78 is 16.9. The third kappa shape index (κ3) is 64.6. The van der Waals surface area contributed by atoms with Gasteiger partial charge in [-0.2, -0.15) is 0 Å². The van der Waals surface area contributed by atoms with Gasteiger partial charge in [0.25, 0.3) is 0 Å². The molecule has 0 N–H and O–H groups in total. The van der Waals surface area contributed by atoms with Crippen LogP contribution >= 0.6 is 0 Å². The van der Waals surface area contributed by atoms with Crippen molar-refractivity contribution in [3.8, 4) is 0 Å². The SMILES string of the molecule is CC/C=C\C/C=C\C/C=C\C/C=C\C/C=C\C/C=C\C/C=C\C/C=C\CCCCCCCCCCCCC(=O)OCC(COC(=O)CCCCCCC/C=C\CCCC)OC(=O)CCCCCCC/C=C\CCCCCCCCC. The van der Waals surface area contributed by atoms with Crippen LogP contribution < -0.4 is 0 Å². The highest BCUT2D eigenvalue weighted by Gasteiger charge is 2.19. The van der Waals surface area contributed by atoms with E-state index in [9.17, 15) is 14.4 Å². The first kappa shape index (κ1) is 75.8. The van der Waals surface area contributed by atoms with E-state index in [0.29, 0.717) is 19.3 Å². The molecule has 0 bridgehead atoms. The quantitative estimate of drug-likeness (QED) is 0.0261. The number of rotatable bonds is 60. The highest BCUT2D eigenvalue weighted by Crippen LogP contribution is 2.16. The van der Waals surface area contributed by atoms with E-state index < -0.39 is 6.10 Å². The van der Waals surface area contributed by atoms with Gasteiger partial charge in [0.2, 0.25) is 0 Å². The summed E-state index contributed by atoms with van der Waals surface area (Å²) in [6, 6.07) is 0. The van der Waals surface area contributed by atoms with E-state index in [-0.39, 0.29) is 31.1 Å². The minimum Gasteiger partial charge on any atom is -0.462 e. The predicted octanol–water partition coefficient (Wildman–Crippen LogP) is 23.2. The topological polar surface area (TPSA) is 78.9 Å². The van der Waals surface area contributed by atoms with Gasteiger partial charge in [-0.3, -0.25) is 14.4 Å². The number of allylic oxidation sites excluding steroid dienone is 20. The zero-order valence-electron chi connectivity index (χ0n) is 52.3. The molecule has 80 heavy (non-hydrogen) atoms. The Morgan fingerprint density at radius 3 is 0.812 bits per heavy atom. The van der Waals surface area contributed by atoms with Gasteiger partial charge in [0.15, 0.2) is 6.10 Å². The Morgan fingerprint density at radius 2 is 0.500 bits per heavy atom. The van der Waals surface area contributed by atoms with Crippen molar-refractivity contribution in [2.24, 2.45) is 0 Å². The molecule has 456 valence electrons. The maximum atomic E-state index is 12.9. The molecule has 0 aromatic heterocycles. The van der Waals surface area contributed by atoms with Gasteiger partial charge in [0.1, 0.15) is 13.2 Å². The summed E-state index contributed by atoms with van der Waals surface area (Å²) in [7, 11) is 0. The molecule has 6 nitrogen and oxygen atoms in total. The lowest BCUT2D eigenvalue weighted by atomic mass is 10.1. The number of unbranched alkanes of at least 4 members (excludes halogenated alkanes) is 29. The van der Waals surface area contributed by atoms with Crippen molar-refractivity contribution < 1.29 is 28.6 Å². The number of carbonyl (C=O) groups is 3. The first-order valence-electron chi connectivity index (χ1n) is 33.5. The van der Waals surface area contributed by atoms with Gasteiger partial charge in [-0.15, -0.1) is 0 Å². The third-order valence-electron chi connectivity index (χ3n) is 14.2. The smallest absolute Gasteiger partial charge is 0.306 e. The van der Waals surface area contributed by atoms with Crippen molar-refractivity contribution in [2.45, 2.75) is 316 Å². The van der Waals surface area contributed by atoms with Crippen LogP contribution in [0.1, 0.15) is 310 Å². The first-order chi connectivity index (χ1) is 39.5. The maximum absolute atomic E-state index is 12.9. The lowest BCUT2D eigenvalue weighted by Crippen LogP contribution is -2.30. The van der Waals surface area contributed by atoms with Crippen LogP contribution in [0.3, 0.4) is 0 Å². The summed E-state index contributed by atoms with van der Waals surface area (Å²) in [6.07, 6.45) is 93.6. The zero-order valence-corrected chi connectivity index (χ0v) is 52.3. The molecule has 1 unspecified atom stereocenters. The monoisotopic (exact) mass is 1110 g/mol. The summed E-state index contributed by atoms with van der Waals surface area (Å²) in [6.45, 7) is 6.48. The number of ether oxygens (including phenoxy) is 3. The fourth-order valence-corrected chi connectivity index (χ4v) is 9.14. The molecular formula is C74H124O6. The van der Waals surface area contributed by atoms with Crippen molar-refractivity contribution in [3.63, 3.8) is 0 Å². The van der Waals surface area contributed by atoms with Crippen LogP contribution in [0, 0.1) is 0 Å². The number of carbonyl (C=O) groups excluding carboxylic acids is 3. The lowest BCUT2D eigenvalue weighted by molar-refractivity contribution is -0.167. The Hall–Kier alpha value is -4.19. The molecular weight excluding hydrogens is 985 g/mol. The van der Waals surface area contributed by atoms with Gasteiger partial charge in [-0.1, -0.05) is 284 Å². The van der Waals surface area contributed by atoms with Crippen LogP contribution in [0.15, 0.2) is 122 Å². The van der Waals surface area contributed by atoms with Crippen LogP contribution in [0.2, 0.25) is 0 Å². The average Bonchev–Trinajstić information content (AvgIpc) is 3.46. The van der Waals surface area contributed by atoms with E-state index >= 15 is 0 Å². The van der Waals surface area contributed by atoms with Crippen molar-refractivity contribution in [1.82, 2.24) is 0 Å². The Balaban J connectivity index is 4.20. The van der Waals surface area contributed by atoms with Gasteiger partial charge < -0.3 is 14.2 Å². The molecule has 0 heterocycles. The standard InChI is InChI=1S/C74H124O6/c1-4-7-10-13-16-19-22-24-26-28-29-30-31-32-33-34-35-36-37-38-39-40-41-42-43-44-45-46-48-49-52-55-58-61-64-67-73(76)79-70-71(69-78-72(75)66-63-60-57-54-51-21-18-15-12-9-6-3)80-74(77)68-65-62-59-56-53-50-47-27-25-23-20-17-14-11-8-5-2/h7,10,15-16,18-19,24,26-27,29-30,32-33,35-36,38-39,41-42,47,71H,4-6,8-9,11-14,17,20-23,25,28,31,34,37,40,43-46,48-70H2,1-3H3/b10-7-,18-15-,19-16-,26-24-,30-29-,33-32-,36-35-,39-38-,42-41-,47-27-. The van der Waals surface area contributed by atoms with E-state index in [1.165, 1.54) is 141 Å². The van der Waals surface area contributed by atoms with Crippen LogP contribution in [-0.2, 0) is 28.6 Å². The van der Waals surface area contributed by atoms with E-state index in [0.717, 1.165) is 128 Å². The van der Waals surface area contributed by atoms with Gasteiger partial charge in [-0.05, 0) is 128 Å². The molecule has 1 atom stereocenters. The fraction of sp³-hybridized carbons (Fsp3) is 0.689.